The van der Waals surface area contributed by atoms with Crippen LogP contribution in [0.5, 0.6) is 0 Å². The van der Waals surface area contributed by atoms with Gasteiger partial charge in [-0.1, -0.05) is 0 Å². The Morgan fingerprint density at radius 1 is 1.39 bits per heavy atom. The zero-order valence-electron chi connectivity index (χ0n) is 10.5. The van der Waals surface area contributed by atoms with Crippen LogP contribution in [0, 0.1) is 6.92 Å². The van der Waals surface area contributed by atoms with Gasteiger partial charge in [-0.3, -0.25) is 9.58 Å². The van der Waals surface area contributed by atoms with E-state index in [0.29, 0.717) is 0 Å². The fourth-order valence-electron chi connectivity index (χ4n) is 2.31. The Kier molecular flexibility index (Phi) is 2.95. The molecule has 96 valence electrons. The number of nitrogens with zero attached hydrogens (tertiary/aromatic N) is 6. The summed E-state index contributed by atoms with van der Waals surface area (Å²) in [6.45, 7) is 5.71. The molecule has 6 nitrogen and oxygen atoms in total. The maximum absolute atomic E-state index is 4.42. The smallest absolute Gasteiger partial charge is 0.147 e. The minimum Gasteiger partial charge on any atom is -0.315 e. The summed E-state index contributed by atoms with van der Waals surface area (Å²) in [4.78, 5) is 2.37. The van der Waals surface area contributed by atoms with Gasteiger partial charge in [-0.05, 0) is 22.9 Å². The van der Waals surface area contributed by atoms with Crippen molar-refractivity contribution < 1.29 is 0 Å². The predicted octanol–water partition coefficient (Wildman–Crippen LogP) is 1.10. The second-order valence-electron chi connectivity index (χ2n) is 4.62. The lowest BCUT2D eigenvalue weighted by molar-refractivity contribution is 0.203. The van der Waals surface area contributed by atoms with E-state index >= 15 is 0 Å². The van der Waals surface area contributed by atoms with Crippen molar-refractivity contribution in [1.29, 1.82) is 0 Å². The minimum absolute atomic E-state index is 0.844. The molecule has 2 aromatic rings. The van der Waals surface area contributed by atoms with Crippen LogP contribution in [0.15, 0.2) is 10.8 Å². The van der Waals surface area contributed by atoms with E-state index < -0.39 is 0 Å². The van der Waals surface area contributed by atoms with Crippen molar-refractivity contribution in [3.05, 3.63) is 28.0 Å². The summed E-state index contributed by atoms with van der Waals surface area (Å²) >= 11 is 3.61. The number of rotatable bonds is 2. The second kappa shape index (κ2) is 4.47. The quantitative estimate of drug-likeness (QED) is 0.833. The highest BCUT2D eigenvalue weighted by Crippen LogP contribution is 2.23. The van der Waals surface area contributed by atoms with Crippen LogP contribution in [0.2, 0.25) is 0 Å². The van der Waals surface area contributed by atoms with Crippen molar-refractivity contribution in [2.24, 2.45) is 7.05 Å². The van der Waals surface area contributed by atoms with Crippen molar-refractivity contribution in [3.8, 4) is 0 Å². The summed E-state index contributed by atoms with van der Waals surface area (Å²) in [5.41, 5.74) is 2.24. The van der Waals surface area contributed by atoms with Gasteiger partial charge in [0.05, 0.1) is 22.4 Å². The van der Waals surface area contributed by atoms with E-state index in [-0.39, 0.29) is 0 Å². The van der Waals surface area contributed by atoms with Crippen molar-refractivity contribution in [1.82, 2.24) is 29.4 Å². The molecule has 1 aliphatic heterocycles. The maximum Gasteiger partial charge on any atom is 0.147 e. The van der Waals surface area contributed by atoms with Crippen LogP contribution in [-0.4, -0.2) is 36.0 Å². The first kappa shape index (κ1) is 11.9. The SMILES string of the molecule is Cc1nn(C)c(CN2CCn3cnnc3C2)c1Br. The fourth-order valence-corrected chi connectivity index (χ4v) is 2.78. The molecule has 1 aliphatic rings. The van der Waals surface area contributed by atoms with Crippen LogP contribution in [0.4, 0.5) is 0 Å². The van der Waals surface area contributed by atoms with Crippen LogP contribution < -0.4 is 0 Å². The van der Waals surface area contributed by atoms with E-state index in [2.05, 4.69) is 40.7 Å². The van der Waals surface area contributed by atoms with Gasteiger partial charge in [-0.15, -0.1) is 10.2 Å². The first-order valence-corrected chi connectivity index (χ1v) is 6.71. The predicted molar refractivity (Wildman–Crippen MR) is 69.8 cm³/mol. The first-order valence-electron chi connectivity index (χ1n) is 5.92. The number of fused-ring (bicyclic) bond motifs is 1. The van der Waals surface area contributed by atoms with Gasteiger partial charge in [0.2, 0.25) is 0 Å². The molecule has 0 N–H and O–H groups in total. The number of aromatic nitrogens is 5. The van der Waals surface area contributed by atoms with Crippen molar-refractivity contribution in [2.75, 3.05) is 6.54 Å². The monoisotopic (exact) mass is 310 g/mol. The molecular formula is C11H15BrN6. The summed E-state index contributed by atoms with van der Waals surface area (Å²) in [6.07, 6.45) is 1.80. The van der Waals surface area contributed by atoms with Crippen molar-refractivity contribution in [2.45, 2.75) is 26.6 Å². The van der Waals surface area contributed by atoms with E-state index in [1.165, 1.54) is 5.69 Å². The Morgan fingerprint density at radius 2 is 2.22 bits per heavy atom. The Labute approximate surface area is 114 Å². The highest BCUT2D eigenvalue weighted by atomic mass is 79.9. The molecule has 0 aliphatic carbocycles. The van der Waals surface area contributed by atoms with E-state index in [1.807, 2.05) is 18.7 Å². The molecule has 0 aromatic carbocycles. The van der Waals surface area contributed by atoms with Gasteiger partial charge >= 0.3 is 0 Å². The molecule has 0 atom stereocenters. The second-order valence-corrected chi connectivity index (χ2v) is 5.41. The molecule has 7 heteroatoms. The topological polar surface area (TPSA) is 51.8 Å². The van der Waals surface area contributed by atoms with E-state index in [0.717, 1.165) is 42.2 Å². The summed E-state index contributed by atoms with van der Waals surface area (Å²) in [6, 6.07) is 0. The molecule has 0 unspecified atom stereocenters. The van der Waals surface area contributed by atoms with Crippen LogP contribution in [0.1, 0.15) is 17.2 Å². The molecule has 3 rings (SSSR count). The summed E-state index contributed by atoms with van der Waals surface area (Å²) < 4.78 is 5.16. The van der Waals surface area contributed by atoms with Gasteiger partial charge in [0.25, 0.3) is 0 Å². The number of halogens is 1. The lowest BCUT2D eigenvalue weighted by atomic mass is 10.3. The van der Waals surface area contributed by atoms with Crippen LogP contribution in [0.25, 0.3) is 0 Å². The molecule has 0 spiro atoms. The zero-order valence-corrected chi connectivity index (χ0v) is 12.1. The number of aryl methyl sites for hydroxylation is 2. The van der Waals surface area contributed by atoms with Gasteiger partial charge in [0, 0.05) is 26.7 Å². The van der Waals surface area contributed by atoms with Crippen molar-refractivity contribution >= 4 is 15.9 Å². The summed E-state index contributed by atoms with van der Waals surface area (Å²) in [5.74, 6) is 1.04. The molecule has 18 heavy (non-hydrogen) atoms. The first-order chi connectivity index (χ1) is 8.65. The average molecular weight is 311 g/mol. The molecular weight excluding hydrogens is 296 g/mol. The normalized spacial score (nSPS) is 15.9. The van der Waals surface area contributed by atoms with Crippen LogP contribution in [0.3, 0.4) is 0 Å². The molecule has 0 bridgehead atoms. The highest BCUT2D eigenvalue weighted by Gasteiger charge is 2.20. The van der Waals surface area contributed by atoms with Gasteiger partial charge in [-0.25, -0.2) is 0 Å². The lowest BCUT2D eigenvalue weighted by Gasteiger charge is -2.26. The Hall–Kier alpha value is -1.21. The standard InChI is InChI=1S/C11H15BrN6/c1-8-11(12)9(16(2)15-8)5-17-3-4-18-7-13-14-10(18)6-17/h7H,3-6H2,1-2H3. The maximum atomic E-state index is 4.42. The van der Waals surface area contributed by atoms with Gasteiger partial charge in [0.1, 0.15) is 12.2 Å². The zero-order chi connectivity index (χ0) is 12.7. The van der Waals surface area contributed by atoms with Crippen LogP contribution >= 0.6 is 15.9 Å². The molecule has 0 saturated carbocycles. The molecule has 0 amide bonds. The third-order valence-electron chi connectivity index (χ3n) is 3.35. The third-order valence-corrected chi connectivity index (χ3v) is 4.38. The Bertz CT molecular complexity index is 572. The molecule has 0 saturated heterocycles. The highest BCUT2D eigenvalue weighted by molar-refractivity contribution is 9.10. The van der Waals surface area contributed by atoms with Gasteiger partial charge in [0.15, 0.2) is 0 Å². The molecule has 0 fully saturated rings. The summed E-state index contributed by atoms with van der Waals surface area (Å²) in [7, 11) is 1.99. The number of hydrogen-bond acceptors (Lipinski definition) is 4. The molecule has 0 radical (unpaired) electrons. The van der Waals surface area contributed by atoms with E-state index in [9.17, 15) is 0 Å². The minimum atomic E-state index is 0.844. The largest absolute Gasteiger partial charge is 0.315 e. The van der Waals surface area contributed by atoms with E-state index in [4.69, 9.17) is 0 Å². The van der Waals surface area contributed by atoms with Crippen LogP contribution in [-0.2, 0) is 26.7 Å². The Balaban J connectivity index is 1.78. The summed E-state index contributed by atoms with van der Waals surface area (Å²) in [5, 5.41) is 12.5. The molecule has 3 heterocycles. The number of hydrogen-bond donors (Lipinski definition) is 0. The van der Waals surface area contributed by atoms with Crippen molar-refractivity contribution in [3.63, 3.8) is 0 Å². The average Bonchev–Trinajstić information content (AvgIpc) is 2.89. The van der Waals surface area contributed by atoms with Gasteiger partial charge < -0.3 is 4.57 Å². The van der Waals surface area contributed by atoms with E-state index in [1.54, 1.807) is 6.33 Å². The van der Waals surface area contributed by atoms with Gasteiger partial charge in [-0.2, -0.15) is 5.10 Å². The lowest BCUT2D eigenvalue weighted by Crippen LogP contribution is -2.33. The fraction of sp³-hybridized carbons (Fsp3) is 0.545. The third kappa shape index (κ3) is 1.97. The Morgan fingerprint density at radius 3 is 2.94 bits per heavy atom. The molecule has 2 aromatic heterocycles.